The molecule has 0 spiro atoms. The van der Waals surface area contributed by atoms with E-state index in [0.717, 1.165) is 16.9 Å². The molecule has 3 aromatic rings. The van der Waals surface area contributed by atoms with Gasteiger partial charge in [0.15, 0.2) is 11.6 Å². The number of aromatic nitrogens is 3. The number of alkyl halides is 3. The number of pyridine rings is 1. The summed E-state index contributed by atoms with van der Waals surface area (Å²) in [6.45, 7) is 0. The molecule has 10 heteroatoms. The molecule has 0 radical (unpaired) electrons. The van der Waals surface area contributed by atoms with Gasteiger partial charge in [-0.25, -0.2) is 14.1 Å². The smallest absolute Gasteiger partial charge is 0.419 e. The lowest BCUT2D eigenvalue weighted by Crippen LogP contribution is -2.04. The molecule has 4 nitrogen and oxygen atoms in total. The average molecular weight is 484 g/mol. The minimum absolute atomic E-state index is 0.0922. The van der Waals surface area contributed by atoms with Crippen molar-refractivity contribution >= 4 is 34.2 Å². The Balaban J connectivity index is 2.04. The van der Waals surface area contributed by atoms with Crippen LogP contribution < -0.4 is 4.74 Å². The third-order valence-electron chi connectivity index (χ3n) is 3.07. The molecule has 0 aliphatic carbocycles. The monoisotopic (exact) mass is 483 g/mol. The molecule has 2 heterocycles. The molecule has 0 bridgehead atoms. The summed E-state index contributed by atoms with van der Waals surface area (Å²) < 4.78 is 59.3. The average Bonchev–Trinajstić information content (AvgIpc) is 3.00. The van der Waals surface area contributed by atoms with Crippen molar-refractivity contribution in [3.05, 3.63) is 62.8 Å². The van der Waals surface area contributed by atoms with E-state index in [1.54, 1.807) is 12.1 Å². The normalized spacial score (nSPS) is 11.6. The summed E-state index contributed by atoms with van der Waals surface area (Å²) in [5, 5.41) is 3.82. The van der Waals surface area contributed by atoms with Crippen molar-refractivity contribution in [2.75, 3.05) is 0 Å². The van der Waals surface area contributed by atoms with Crippen LogP contribution in [0.3, 0.4) is 0 Å². The number of hydrogen-bond donors (Lipinski definition) is 0. The molecule has 0 aliphatic heterocycles. The van der Waals surface area contributed by atoms with E-state index in [-0.39, 0.29) is 22.3 Å². The van der Waals surface area contributed by atoms with Crippen molar-refractivity contribution in [1.82, 2.24) is 14.8 Å². The van der Waals surface area contributed by atoms with Crippen LogP contribution in [0.15, 0.2) is 42.9 Å². The maximum atomic E-state index is 13.9. The molecule has 0 atom stereocenters. The molecular weight excluding hydrogens is 477 g/mol. The highest BCUT2D eigenvalue weighted by Gasteiger charge is 2.32. The Morgan fingerprint density at radius 1 is 1.20 bits per heavy atom. The SMILES string of the molecule is Fc1cc(Cl)cnc1Oc1cccc(I)c1-n1cc(C(F)(F)F)cn1. The molecule has 25 heavy (non-hydrogen) atoms. The number of benzene rings is 1. The maximum absolute atomic E-state index is 13.9. The van der Waals surface area contributed by atoms with Crippen molar-refractivity contribution in [1.29, 1.82) is 0 Å². The van der Waals surface area contributed by atoms with Gasteiger partial charge in [-0.3, -0.25) is 0 Å². The molecule has 0 unspecified atom stereocenters. The van der Waals surface area contributed by atoms with E-state index in [4.69, 9.17) is 16.3 Å². The van der Waals surface area contributed by atoms with Gasteiger partial charge < -0.3 is 4.74 Å². The van der Waals surface area contributed by atoms with E-state index in [2.05, 4.69) is 10.1 Å². The maximum Gasteiger partial charge on any atom is 0.419 e. The van der Waals surface area contributed by atoms with Crippen molar-refractivity contribution in [3.63, 3.8) is 0 Å². The second kappa shape index (κ2) is 6.79. The molecule has 0 aliphatic rings. The molecule has 3 rings (SSSR count). The number of para-hydroxylation sites is 1. The van der Waals surface area contributed by atoms with Crippen LogP contribution >= 0.6 is 34.2 Å². The second-order valence-electron chi connectivity index (χ2n) is 4.80. The Bertz CT molecular complexity index is 929. The first-order valence-electron chi connectivity index (χ1n) is 6.65. The van der Waals surface area contributed by atoms with Crippen LogP contribution in [0.2, 0.25) is 5.02 Å². The summed E-state index contributed by atoms with van der Waals surface area (Å²) in [5.41, 5.74) is -0.677. The first-order chi connectivity index (χ1) is 11.8. The minimum atomic E-state index is -4.52. The van der Waals surface area contributed by atoms with Crippen molar-refractivity contribution < 1.29 is 22.3 Å². The molecular formula is C15H7ClF4IN3O. The lowest BCUT2D eigenvalue weighted by atomic mass is 10.3. The fourth-order valence-corrected chi connectivity index (χ4v) is 2.84. The van der Waals surface area contributed by atoms with Crippen LogP contribution in [-0.2, 0) is 6.18 Å². The molecule has 1 aromatic carbocycles. The number of rotatable bonds is 3. The van der Waals surface area contributed by atoms with Gasteiger partial charge in [-0.1, -0.05) is 17.7 Å². The summed E-state index contributed by atoms with van der Waals surface area (Å²) in [6, 6.07) is 5.77. The van der Waals surface area contributed by atoms with Gasteiger partial charge in [0.25, 0.3) is 5.88 Å². The van der Waals surface area contributed by atoms with E-state index in [0.29, 0.717) is 9.77 Å². The number of ether oxygens (including phenoxy) is 1. The van der Waals surface area contributed by atoms with Crippen molar-refractivity contribution in [2.24, 2.45) is 0 Å². The molecule has 0 N–H and O–H groups in total. The summed E-state index contributed by atoms with van der Waals surface area (Å²) >= 11 is 7.56. The zero-order chi connectivity index (χ0) is 18.2. The third kappa shape index (κ3) is 3.87. The van der Waals surface area contributed by atoms with Crippen LogP contribution in [0, 0.1) is 9.39 Å². The van der Waals surface area contributed by atoms with E-state index in [9.17, 15) is 17.6 Å². The summed E-state index contributed by atoms with van der Waals surface area (Å²) in [4.78, 5) is 3.74. The molecule has 130 valence electrons. The van der Waals surface area contributed by atoms with E-state index >= 15 is 0 Å². The number of halogens is 6. The molecule has 2 aromatic heterocycles. The highest BCUT2D eigenvalue weighted by atomic mass is 127. The first kappa shape index (κ1) is 17.9. The molecule has 0 saturated heterocycles. The molecule has 0 amide bonds. The Morgan fingerprint density at radius 3 is 2.60 bits per heavy atom. The second-order valence-corrected chi connectivity index (χ2v) is 6.40. The largest absolute Gasteiger partial charge is 0.434 e. The Hall–Kier alpha value is -1.88. The Kier molecular flexibility index (Phi) is 4.87. The summed E-state index contributed by atoms with van der Waals surface area (Å²) in [5.74, 6) is -1.05. The minimum Gasteiger partial charge on any atom is -0.434 e. The predicted molar refractivity (Wildman–Crippen MR) is 90.6 cm³/mol. The van der Waals surface area contributed by atoms with Gasteiger partial charge in [0.2, 0.25) is 0 Å². The summed E-state index contributed by atoms with van der Waals surface area (Å²) in [7, 11) is 0. The van der Waals surface area contributed by atoms with Crippen LogP contribution in [0.5, 0.6) is 11.6 Å². The van der Waals surface area contributed by atoms with Gasteiger partial charge >= 0.3 is 6.18 Å². The lowest BCUT2D eigenvalue weighted by molar-refractivity contribution is -0.137. The highest BCUT2D eigenvalue weighted by Crippen LogP contribution is 2.34. The standard InChI is InChI=1S/C15H7ClF4IN3O/c16-9-4-10(17)14(22-6-9)25-12-3-1-2-11(21)13(12)24-7-8(5-23-24)15(18,19)20/h1-7H. The van der Waals surface area contributed by atoms with Gasteiger partial charge in [-0.2, -0.15) is 18.3 Å². The Morgan fingerprint density at radius 2 is 1.96 bits per heavy atom. The van der Waals surface area contributed by atoms with Crippen molar-refractivity contribution in [3.8, 4) is 17.3 Å². The predicted octanol–water partition coefficient (Wildman–Crippen LogP) is 5.48. The highest BCUT2D eigenvalue weighted by molar-refractivity contribution is 14.1. The third-order valence-corrected chi connectivity index (χ3v) is 4.15. The van der Waals surface area contributed by atoms with E-state index < -0.39 is 17.6 Å². The molecule has 0 fully saturated rings. The van der Waals surface area contributed by atoms with Gasteiger partial charge in [0, 0.05) is 16.0 Å². The Labute approximate surface area is 157 Å². The van der Waals surface area contributed by atoms with Crippen LogP contribution in [0.4, 0.5) is 17.6 Å². The first-order valence-corrected chi connectivity index (χ1v) is 8.11. The van der Waals surface area contributed by atoms with E-state index in [1.807, 2.05) is 22.6 Å². The lowest BCUT2D eigenvalue weighted by Gasteiger charge is -2.12. The topological polar surface area (TPSA) is 39.9 Å². The fourth-order valence-electron chi connectivity index (χ4n) is 1.97. The van der Waals surface area contributed by atoms with Gasteiger partial charge in [0.05, 0.1) is 16.8 Å². The van der Waals surface area contributed by atoms with Crippen LogP contribution in [0.25, 0.3) is 5.69 Å². The number of nitrogens with zero attached hydrogens (tertiary/aromatic N) is 3. The van der Waals surface area contributed by atoms with Crippen molar-refractivity contribution in [2.45, 2.75) is 6.18 Å². The molecule has 0 saturated carbocycles. The fraction of sp³-hybridized carbons (Fsp3) is 0.0667. The van der Waals surface area contributed by atoms with Gasteiger partial charge in [-0.15, -0.1) is 0 Å². The van der Waals surface area contributed by atoms with Crippen LogP contribution in [0.1, 0.15) is 5.56 Å². The van der Waals surface area contributed by atoms with Gasteiger partial charge in [0.1, 0.15) is 5.69 Å². The van der Waals surface area contributed by atoms with E-state index in [1.165, 1.54) is 12.3 Å². The quantitative estimate of drug-likeness (QED) is 0.366. The number of hydrogen-bond acceptors (Lipinski definition) is 3. The van der Waals surface area contributed by atoms with Gasteiger partial charge in [-0.05, 0) is 40.8 Å². The zero-order valence-electron chi connectivity index (χ0n) is 12.1. The van der Waals surface area contributed by atoms with Crippen LogP contribution in [-0.4, -0.2) is 14.8 Å². The summed E-state index contributed by atoms with van der Waals surface area (Å²) in [6.07, 6.45) is -1.80. The zero-order valence-corrected chi connectivity index (χ0v) is 15.0.